The van der Waals surface area contributed by atoms with Crippen LogP contribution in [0.1, 0.15) is 71.9 Å². The van der Waals surface area contributed by atoms with Gasteiger partial charge in [-0.3, -0.25) is 8.80 Å². The largest absolute Gasteiger partial charge is 0.367 e. The predicted molar refractivity (Wildman–Crippen MR) is 214 cm³/mol. The first-order valence-electron chi connectivity index (χ1n) is 18.9. The van der Waals surface area contributed by atoms with E-state index in [0.29, 0.717) is 18.4 Å². The standard InChI is InChI=1S/C21H26FN5.C21H27N5/c1-21(2,3)14-7-8-20-24-12-18(27(20)13-14)17-5-4-6-19(26-17)25-16-9-10-23-11-15(16)22;1-21(2,3)15-7-8-20-23-13-18(26(20)14-15)17-5-4-6-19(25-17)24-16-9-11-22-12-10-16/h4-8,12-13,15-16,23H,9-11H2,1-3H3,(H,25,26);4-8,13-14,16,22H,9-12H2,1-3H3,(H,24,25). The van der Waals surface area contributed by atoms with Gasteiger partial charge in [-0.05, 0) is 97.3 Å². The Morgan fingerprint density at radius 2 is 1.15 bits per heavy atom. The molecule has 11 heteroatoms. The minimum Gasteiger partial charge on any atom is -0.367 e. The molecule has 0 saturated carbocycles. The smallest absolute Gasteiger partial charge is 0.137 e. The minimum atomic E-state index is -0.908. The molecule has 2 atom stereocenters. The van der Waals surface area contributed by atoms with Crippen molar-refractivity contribution < 1.29 is 4.39 Å². The summed E-state index contributed by atoms with van der Waals surface area (Å²) in [4.78, 5) is 18.7. The van der Waals surface area contributed by atoms with Crippen molar-refractivity contribution in [1.82, 2.24) is 39.4 Å². The van der Waals surface area contributed by atoms with Crippen molar-refractivity contribution in [3.05, 3.63) is 96.6 Å². The van der Waals surface area contributed by atoms with Crippen LogP contribution in [0.4, 0.5) is 16.0 Å². The van der Waals surface area contributed by atoms with E-state index in [1.165, 1.54) is 11.1 Å². The van der Waals surface area contributed by atoms with E-state index in [2.05, 4.69) is 130 Å². The van der Waals surface area contributed by atoms with Crippen LogP contribution in [0.15, 0.2) is 85.5 Å². The van der Waals surface area contributed by atoms with Crippen LogP contribution in [0.25, 0.3) is 34.1 Å². The SMILES string of the molecule is CC(C)(C)c1ccc2ncc(-c3cccc(NC4CCNCC4)n3)n2c1.CC(C)(C)c1ccc2ncc(-c3cccc(NC4CCNCC4F)n3)n2c1. The van der Waals surface area contributed by atoms with Crippen LogP contribution in [0.5, 0.6) is 0 Å². The second kappa shape index (κ2) is 15.2. The van der Waals surface area contributed by atoms with Crippen LogP contribution in [-0.4, -0.2) is 73.2 Å². The molecule has 53 heavy (non-hydrogen) atoms. The lowest BCUT2D eigenvalue weighted by atomic mass is 9.88. The molecule has 0 amide bonds. The van der Waals surface area contributed by atoms with E-state index in [-0.39, 0.29) is 16.9 Å². The summed E-state index contributed by atoms with van der Waals surface area (Å²) in [6.45, 7) is 16.6. The summed E-state index contributed by atoms with van der Waals surface area (Å²) < 4.78 is 18.3. The molecule has 2 fully saturated rings. The number of fused-ring (bicyclic) bond motifs is 2. The summed E-state index contributed by atoms with van der Waals surface area (Å²) in [6.07, 6.45) is 10.2. The van der Waals surface area contributed by atoms with Gasteiger partial charge in [0.15, 0.2) is 0 Å². The molecular weight excluding hydrogens is 664 g/mol. The Labute approximate surface area is 312 Å². The van der Waals surface area contributed by atoms with Gasteiger partial charge in [-0.2, -0.15) is 0 Å². The van der Waals surface area contributed by atoms with Gasteiger partial charge in [0.2, 0.25) is 0 Å². The van der Waals surface area contributed by atoms with E-state index in [1.807, 2.05) is 36.7 Å². The lowest BCUT2D eigenvalue weighted by molar-refractivity contribution is 0.244. The average molecular weight is 717 g/mol. The van der Waals surface area contributed by atoms with Crippen LogP contribution in [0.2, 0.25) is 0 Å². The molecule has 0 spiro atoms. The van der Waals surface area contributed by atoms with Crippen molar-refractivity contribution in [2.45, 2.75) is 89.9 Å². The van der Waals surface area contributed by atoms with Crippen LogP contribution in [0.3, 0.4) is 0 Å². The molecule has 4 N–H and O–H groups in total. The summed E-state index contributed by atoms with van der Waals surface area (Å²) in [5.41, 5.74) is 8.24. The fourth-order valence-corrected chi connectivity index (χ4v) is 6.89. The van der Waals surface area contributed by atoms with Crippen molar-refractivity contribution >= 4 is 22.9 Å². The summed E-state index contributed by atoms with van der Waals surface area (Å²) in [5.74, 6) is 1.64. The molecule has 8 heterocycles. The third kappa shape index (κ3) is 8.52. The third-order valence-corrected chi connectivity index (χ3v) is 10.2. The van der Waals surface area contributed by atoms with Gasteiger partial charge in [0.05, 0.1) is 41.2 Å². The normalized spacial score (nSPS) is 18.5. The summed E-state index contributed by atoms with van der Waals surface area (Å²) >= 11 is 0. The molecule has 2 unspecified atom stereocenters. The molecule has 2 aliphatic heterocycles. The lowest BCUT2D eigenvalue weighted by Crippen LogP contribution is -2.45. The zero-order chi connectivity index (χ0) is 37.2. The topological polar surface area (TPSA) is 108 Å². The van der Waals surface area contributed by atoms with Crippen molar-refractivity contribution in [3.8, 4) is 22.8 Å². The van der Waals surface area contributed by atoms with Crippen molar-refractivity contribution in [2.75, 3.05) is 36.8 Å². The fraction of sp³-hybridized carbons (Fsp3) is 0.429. The first kappa shape index (κ1) is 36.5. The fourth-order valence-electron chi connectivity index (χ4n) is 6.89. The second-order valence-electron chi connectivity index (χ2n) is 16.3. The molecule has 0 radical (unpaired) electrons. The highest BCUT2D eigenvalue weighted by Crippen LogP contribution is 2.28. The zero-order valence-corrected chi connectivity index (χ0v) is 31.8. The third-order valence-electron chi connectivity index (χ3n) is 10.2. The molecule has 2 saturated heterocycles. The molecule has 8 rings (SSSR count). The molecule has 0 aromatic carbocycles. The van der Waals surface area contributed by atoms with E-state index in [4.69, 9.17) is 9.97 Å². The monoisotopic (exact) mass is 716 g/mol. The number of piperidine rings is 2. The zero-order valence-electron chi connectivity index (χ0n) is 31.8. The van der Waals surface area contributed by atoms with E-state index in [1.54, 1.807) is 0 Å². The molecular formula is C42H53FN10. The number of aromatic nitrogens is 6. The van der Waals surface area contributed by atoms with E-state index < -0.39 is 6.17 Å². The highest BCUT2D eigenvalue weighted by atomic mass is 19.1. The second-order valence-corrected chi connectivity index (χ2v) is 16.3. The van der Waals surface area contributed by atoms with Gasteiger partial charge in [0.1, 0.15) is 29.1 Å². The number of alkyl halides is 1. The maximum Gasteiger partial charge on any atom is 0.137 e. The first-order valence-corrected chi connectivity index (χ1v) is 18.9. The van der Waals surface area contributed by atoms with Gasteiger partial charge in [0.25, 0.3) is 0 Å². The number of halogens is 1. The van der Waals surface area contributed by atoms with Gasteiger partial charge in [-0.1, -0.05) is 65.8 Å². The number of anilines is 2. The van der Waals surface area contributed by atoms with Gasteiger partial charge in [0, 0.05) is 25.0 Å². The predicted octanol–water partition coefficient (Wildman–Crippen LogP) is 7.66. The first-order chi connectivity index (χ1) is 25.4. The number of rotatable bonds is 6. The van der Waals surface area contributed by atoms with Gasteiger partial charge < -0.3 is 21.3 Å². The Morgan fingerprint density at radius 1 is 0.642 bits per heavy atom. The van der Waals surface area contributed by atoms with Crippen molar-refractivity contribution in [3.63, 3.8) is 0 Å². The number of imidazole rings is 2. The van der Waals surface area contributed by atoms with Crippen LogP contribution >= 0.6 is 0 Å². The molecule has 278 valence electrons. The Hall–Kier alpha value is -4.87. The molecule has 0 bridgehead atoms. The molecule has 6 aromatic heterocycles. The summed E-state index contributed by atoms with van der Waals surface area (Å²) in [6, 6.07) is 20.7. The molecule has 6 aromatic rings. The number of hydrogen-bond donors (Lipinski definition) is 4. The summed E-state index contributed by atoms with van der Waals surface area (Å²) in [7, 11) is 0. The number of pyridine rings is 4. The Bertz CT molecular complexity index is 2150. The highest BCUT2D eigenvalue weighted by Gasteiger charge is 2.25. The highest BCUT2D eigenvalue weighted by molar-refractivity contribution is 5.63. The lowest BCUT2D eigenvalue weighted by Gasteiger charge is -2.28. The summed E-state index contributed by atoms with van der Waals surface area (Å²) in [5, 5.41) is 13.3. The van der Waals surface area contributed by atoms with E-state index in [0.717, 1.165) is 78.8 Å². The quantitative estimate of drug-likeness (QED) is 0.139. The van der Waals surface area contributed by atoms with E-state index >= 15 is 0 Å². The Kier molecular flexibility index (Phi) is 10.5. The van der Waals surface area contributed by atoms with Crippen LogP contribution < -0.4 is 21.3 Å². The molecule has 2 aliphatic rings. The van der Waals surface area contributed by atoms with E-state index in [9.17, 15) is 4.39 Å². The maximum atomic E-state index is 14.1. The van der Waals surface area contributed by atoms with Gasteiger partial charge >= 0.3 is 0 Å². The number of nitrogens with zero attached hydrogens (tertiary/aromatic N) is 6. The van der Waals surface area contributed by atoms with Crippen LogP contribution in [-0.2, 0) is 10.8 Å². The maximum absolute atomic E-state index is 14.1. The van der Waals surface area contributed by atoms with Crippen molar-refractivity contribution in [2.24, 2.45) is 0 Å². The molecule has 0 aliphatic carbocycles. The number of nitrogens with one attached hydrogen (secondary N) is 4. The Morgan fingerprint density at radius 3 is 1.66 bits per heavy atom. The average Bonchev–Trinajstić information content (AvgIpc) is 3.77. The van der Waals surface area contributed by atoms with Crippen LogP contribution in [0, 0.1) is 0 Å². The minimum absolute atomic E-state index is 0.0533. The van der Waals surface area contributed by atoms with Gasteiger partial charge in [-0.25, -0.2) is 24.3 Å². The molecule has 10 nitrogen and oxygen atoms in total. The Balaban J connectivity index is 0.000000164. The number of hydrogen-bond acceptors (Lipinski definition) is 8. The van der Waals surface area contributed by atoms with Crippen molar-refractivity contribution in [1.29, 1.82) is 0 Å². The van der Waals surface area contributed by atoms with Gasteiger partial charge in [-0.15, -0.1) is 0 Å².